The van der Waals surface area contributed by atoms with Crippen LogP contribution < -0.4 is 0 Å². The average Bonchev–Trinajstić information content (AvgIpc) is 2.72. The van der Waals surface area contributed by atoms with Crippen LogP contribution in [0.2, 0.25) is 0 Å². The van der Waals surface area contributed by atoms with Gasteiger partial charge in [0, 0.05) is 16.7 Å². The van der Waals surface area contributed by atoms with Crippen molar-refractivity contribution in [2.45, 2.75) is 26.7 Å². The summed E-state index contributed by atoms with van der Waals surface area (Å²) >= 11 is 0. The summed E-state index contributed by atoms with van der Waals surface area (Å²) in [6.45, 7) is 3.99. The van der Waals surface area contributed by atoms with Crippen LogP contribution >= 0.6 is 0 Å². The minimum atomic E-state index is -1.02. The van der Waals surface area contributed by atoms with Crippen LogP contribution in [0.4, 0.5) is 0 Å². The van der Waals surface area contributed by atoms with E-state index < -0.39 is 5.97 Å². The van der Waals surface area contributed by atoms with Crippen molar-refractivity contribution in [3.63, 3.8) is 0 Å². The highest BCUT2D eigenvalue weighted by molar-refractivity contribution is 6.16. The van der Waals surface area contributed by atoms with E-state index in [0.29, 0.717) is 29.5 Å². The molecule has 27 heavy (non-hydrogen) atoms. The Morgan fingerprint density at radius 1 is 0.852 bits per heavy atom. The molecule has 0 fully saturated rings. The second-order valence-electron chi connectivity index (χ2n) is 6.39. The van der Waals surface area contributed by atoms with E-state index in [1.54, 1.807) is 18.2 Å². The maximum Gasteiger partial charge on any atom is 0.336 e. The molecule has 0 amide bonds. The predicted molar refractivity (Wildman–Crippen MR) is 107 cm³/mol. The molecule has 0 aromatic heterocycles. The Morgan fingerprint density at radius 3 is 1.96 bits per heavy atom. The lowest BCUT2D eigenvalue weighted by Gasteiger charge is -2.20. The van der Waals surface area contributed by atoms with Crippen LogP contribution in [0.15, 0.2) is 66.7 Å². The van der Waals surface area contributed by atoms with Crippen LogP contribution in [0, 0.1) is 0 Å². The first-order chi connectivity index (χ1) is 13.1. The molecule has 136 valence electrons. The molecular formula is C24H22O3. The van der Waals surface area contributed by atoms with Gasteiger partial charge >= 0.3 is 5.97 Å². The smallest absolute Gasteiger partial charge is 0.336 e. The molecule has 3 rings (SSSR count). The first-order valence-electron chi connectivity index (χ1n) is 9.15. The maximum absolute atomic E-state index is 13.5. The zero-order chi connectivity index (χ0) is 19.4. The number of rotatable bonds is 6. The molecule has 0 spiro atoms. The number of ketones is 1. The maximum atomic E-state index is 13.5. The Bertz CT molecular complexity index is 974. The molecule has 0 heterocycles. The number of carboxylic acid groups (broad SMARTS) is 1. The molecule has 0 aliphatic rings. The van der Waals surface area contributed by atoms with Gasteiger partial charge in [-0.3, -0.25) is 4.79 Å². The summed E-state index contributed by atoms with van der Waals surface area (Å²) < 4.78 is 0. The van der Waals surface area contributed by atoms with Gasteiger partial charge in [-0.1, -0.05) is 74.5 Å². The monoisotopic (exact) mass is 358 g/mol. The number of aryl methyl sites for hydroxylation is 1. The van der Waals surface area contributed by atoms with Gasteiger partial charge in [-0.15, -0.1) is 0 Å². The van der Waals surface area contributed by atoms with Crippen molar-refractivity contribution in [3.05, 3.63) is 94.5 Å². The summed E-state index contributed by atoms with van der Waals surface area (Å²) in [7, 11) is 0. The van der Waals surface area contributed by atoms with Crippen molar-refractivity contribution >= 4 is 11.8 Å². The van der Waals surface area contributed by atoms with Crippen LogP contribution in [-0.2, 0) is 12.8 Å². The highest BCUT2D eigenvalue weighted by Crippen LogP contribution is 2.35. The second-order valence-corrected chi connectivity index (χ2v) is 6.39. The van der Waals surface area contributed by atoms with Crippen molar-refractivity contribution in [2.75, 3.05) is 0 Å². The minimum Gasteiger partial charge on any atom is -0.478 e. The minimum absolute atomic E-state index is 0.135. The highest BCUT2D eigenvalue weighted by Gasteiger charge is 2.26. The Hall–Kier alpha value is -3.20. The molecule has 0 unspecified atom stereocenters. The molecule has 0 radical (unpaired) electrons. The van der Waals surface area contributed by atoms with Crippen LogP contribution in [0.5, 0.6) is 0 Å². The van der Waals surface area contributed by atoms with Crippen molar-refractivity contribution < 1.29 is 14.7 Å². The van der Waals surface area contributed by atoms with E-state index in [9.17, 15) is 14.7 Å². The average molecular weight is 358 g/mol. The lowest BCUT2D eigenvalue weighted by molar-refractivity contribution is 0.0697. The molecule has 0 saturated carbocycles. The molecule has 0 bridgehead atoms. The molecule has 1 N–H and O–H groups in total. The lowest BCUT2D eigenvalue weighted by Crippen LogP contribution is -2.14. The van der Waals surface area contributed by atoms with E-state index in [0.717, 1.165) is 16.7 Å². The fourth-order valence-electron chi connectivity index (χ4n) is 3.56. The summed E-state index contributed by atoms with van der Waals surface area (Å²) in [6.07, 6.45) is 1.34. The van der Waals surface area contributed by atoms with Gasteiger partial charge in [0.2, 0.25) is 0 Å². The third kappa shape index (κ3) is 3.54. The molecule has 3 nitrogen and oxygen atoms in total. The van der Waals surface area contributed by atoms with Crippen LogP contribution in [-0.4, -0.2) is 16.9 Å². The van der Waals surface area contributed by atoms with Gasteiger partial charge in [-0.25, -0.2) is 4.79 Å². The third-order valence-corrected chi connectivity index (χ3v) is 4.82. The van der Waals surface area contributed by atoms with Gasteiger partial charge in [-0.2, -0.15) is 0 Å². The topological polar surface area (TPSA) is 54.4 Å². The number of carbonyl (C=O) groups is 2. The van der Waals surface area contributed by atoms with Crippen LogP contribution in [0.25, 0.3) is 11.1 Å². The third-order valence-electron chi connectivity index (χ3n) is 4.82. The summed E-state index contributed by atoms with van der Waals surface area (Å²) in [5.74, 6) is -1.16. The summed E-state index contributed by atoms with van der Waals surface area (Å²) in [4.78, 5) is 25.5. The van der Waals surface area contributed by atoms with Crippen molar-refractivity contribution in [1.82, 2.24) is 0 Å². The Labute approximate surface area is 159 Å². The number of carbonyl (C=O) groups excluding carboxylic acids is 1. The fraction of sp³-hybridized carbons (Fsp3) is 0.167. The largest absolute Gasteiger partial charge is 0.478 e. The zero-order valence-electron chi connectivity index (χ0n) is 15.5. The summed E-state index contributed by atoms with van der Waals surface area (Å²) in [6, 6.07) is 20.1. The molecule has 3 heteroatoms. The lowest BCUT2D eigenvalue weighted by atomic mass is 9.82. The summed E-state index contributed by atoms with van der Waals surface area (Å²) in [5.41, 5.74) is 4.33. The number of aromatic carboxylic acids is 1. The van der Waals surface area contributed by atoms with Crippen molar-refractivity contribution in [2.24, 2.45) is 0 Å². The van der Waals surface area contributed by atoms with Crippen molar-refractivity contribution in [3.8, 4) is 11.1 Å². The van der Waals surface area contributed by atoms with Gasteiger partial charge in [0.15, 0.2) is 5.78 Å². The van der Waals surface area contributed by atoms with Crippen molar-refractivity contribution in [1.29, 1.82) is 0 Å². The standard InChI is InChI=1S/C24H22O3/c1-3-16-15-20(24(26)27)21(17-11-7-5-8-12-17)22(19(16)4-2)23(25)18-13-9-6-10-14-18/h5-15H,3-4H2,1-2H3,(H,26,27). The van der Waals surface area contributed by atoms with Gasteiger partial charge in [0.05, 0.1) is 5.56 Å². The zero-order valence-corrected chi connectivity index (χ0v) is 15.5. The summed E-state index contributed by atoms with van der Waals surface area (Å²) in [5, 5.41) is 9.88. The number of benzene rings is 3. The van der Waals surface area contributed by atoms with E-state index in [1.165, 1.54) is 0 Å². The molecular weight excluding hydrogens is 336 g/mol. The van der Waals surface area contributed by atoms with E-state index in [1.807, 2.05) is 62.4 Å². The first kappa shape index (κ1) is 18.6. The number of hydrogen-bond acceptors (Lipinski definition) is 2. The van der Waals surface area contributed by atoms with E-state index in [-0.39, 0.29) is 11.3 Å². The van der Waals surface area contributed by atoms with E-state index in [4.69, 9.17) is 0 Å². The normalized spacial score (nSPS) is 10.6. The van der Waals surface area contributed by atoms with Crippen LogP contribution in [0.3, 0.4) is 0 Å². The Kier molecular flexibility index (Phi) is 5.51. The van der Waals surface area contributed by atoms with E-state index in [2.05, 4.69) is 0 Å². The molecule has 0 saturated heterocycles. The Morgan fingerprint density at radius 2 is 1.44 bits per heavy atom. The predicted octanol–water partition coefficient (Wildman–Crippen LogP) is 5.41. The van der Waals surface area contributed by atoms with Gasteiger partial charge in [-0.05, 0) is 35.6 Å². The molecule has 3 aromatic carbocycles. The van der Waals surface area contributed by atoms with Gasteiger partial charge < -0.3 is 5.11 Å². The SMILES string of the molecule is CCc1cc(C(=O)O)c(-c2ccccc2)c(C(=O)c2ccccc2)c1CC. The number of hydrogen-bond donors (Lipinski definition) is 1. The van der Waals surface area contributed by atoms with Crippen LogP contribution in [0.1, 0.15) is 51.3 Å². The molecule has 0 aliphatic carbocycles. The second kappa shape index (κ2) is 8.00. The first-order valence-corrected chi connectivity index (χ1v) is 9.15. The Balaban J connectivity index is 2.42. The fourth-order valence-corrected chi connectivity index (χ4v) is 3.56. The molecule has 0 atom stereocenters. The molecule has 0 aliphatic heterocycles. The quantitative estimate of drug-likeness (QED) is 0.600. The van der Waals surface area contributed by atoms with Gasteiger partial charge in [0.25, 0.3) is 0 Å². The molecule has 3 aromatic rings. The van der Waals surface area contributed by atoms with E-state index >= 15 is 0 Å². The number of carboxylic acids is 1. The van der Waals surface area contributed by atoms with Gasteiger partial charge in [0.1, 0.15) is 0 Å². The highest BCUT2D eigenvalue weighted by atomic mass is 16.4.